The number of hydrogen-bond acceptors (Lipinski definition) is 3. The van der Waals surface area contributed by atoms with Crippen molar-refractivity contribution in [1.82, 2.24) is 0 Å². The number of carbonyl (C=O) groups excluding carboxylic acids is 1. The van der Waals surface area contributed by atoms with E-state index in [1.165, 1.54) is 6.92 Å². The van der Waals surface area contributed by atoms with Crippen molar-refractivity contribution in [2.24, 2.45) is 0 Å². The Labute approximate surface area is 90.7 Å². The van der Waals surface area contributed by atoms with E-state index >= 15 is 0 Å². The molecule has 1 unspecified atom stereocenters. The molecule has 0 N–H and O–H groups in total. The SMILES string of the molecule is CC(=O)C(C)Oc1cccc(N(C)C)c1. The Morgan fingerprint density at radius 2 is 2.07 bits per heavy atom. The molecule has 82 valence electrons. The Balaban J connectivity index is 2.78. The van der Waals surface area contributed by atoms with Crippen LogP contribution in [0.5, 0.6) is 5.75 Å². The lowest BCUT2D eigenvalue weighted by Crippen LogP contribution is -2.20. The summed E-state index contributed by atoms with van der Waals surface area (Å²) in [7, 11) is 3.93. The van der Waals surface area contributed by atoms with E-state index < -0.39 is 0 Å². The van der Waals surface area contributed by atoms with Gasteiger partial charge in [0.1, 0.15) is 5.75 Å². The average Bonchev–Trinajstić information content (AvgIpc) is 2.18. The van der Waals surface area contributed by atoms with Crippen LogP contribution in [0.2, 0.25) is 0 Å². The van der Waals surface area contributed by atoms with Gasteiger partial charge >= 0.3 is 0 Å². The molecule has 0 aliphatic carbocycles. The molecule has 0 aromatic heterocycles. The van der Waals surface area contributed by atoms with E-state index in [1.54, 1.807) is 6.92 Å². The first-order valence-electron chi connectivity index (χ1n) is 4.95. The van der Waals surface area contributed by atoms with E-state index in [2.05, 4.69) is 0 Å². The van der Waals surface area contributed by atoms with E-state index in [0.29, 0.717) is 0 Å². The number of nitrogens with zero attached hydrogens (tertiary/aromatic N) is 1. The first-order valence-corrected chi connectivity index (χ1v) is 4.95. The lowest BCUT2D eigenvalue weighted by atomic mass is 10.2. The highest BCUT2D eigenvalue weighted by Gasteiger charge is 2.09. The Kier molecular flexibility index (Phi) is 3.72. The van der Waals surface area contributed by atoms with E-state index in [1.807, 2.05) is 43.3 Å². The highest BCUT2D eigenvalue weighted by Crippen LogP contribution is 2.20. The highest BCUT2D eigenvalue weighted by molar-refractivity contribution is 5.80. The van der Waals surface area contributed by atoms with E-state index in [9.17, 15) is 4.79 Å². The number of Topliss-reactive ketones (excluding diaryl/α,β-unsaturated/α-hetero) is 1. The van der Waals surface area contributed by atoms with Gasteiger partial charge in [-0.1, -0.05) is 6.07 Å². The topological polar surface area (TPSA) is 29.5 Å². The molecule has 0 radical (unpaired) electrons. The van der Waals surface area contributed by atoms with Crippen LogP contribution >= 0.6 is 0 Å². The number of rotatable bonds is 4. The summed E-state index contributed by atoms with van der Waals surface area (Å²) in [5.41, 5.74) is 1.06. The van der Waals surface area contributed by atoms with E-state index in [4.69, 9.17) is 4.74 Å². The molecule has 0 amide bonds. The van der Waals surface area contributed by atoms with Gasteiger partial charge in [-0.2, -0.15) is 0 Å². The van der Waals surface area contributed by atoms with Crippen molar-refractivity contribution in [3.05, 3.63) is 24.3 Å². The van der Waals surface area contributed by atoms with Gasteiger partial charge in [-0.3, -0.25) is 4.79 Å². The standard InChI is InChI=1S/C12H17NO2/c1-9(14)10(2)15-12-7-5-6-11(8-12)13(3)4/h5-8,10H,1-4H3. The number of carbonyl (C=O) groups is 1. The van der Waals surface area contributed by atoms with Crippen LogP contribution in [0.15, 0.2) is 24.3 Å². The van der Waals surface area contributed by atoms with Gasteiger partial charge in [0, 0.05) is 25.8 Å². The van der Waals surface area contributed by atoms with Crippen LogP contribution in [0.3, 0.4) is 0 Å². The monoisotopic (exact) mass is 207 g/mol. The summed E-state index contributed by atoms with van der Waals surface area (Å²) in [4.78, 5) is 13.0. The number of hydrogen-bond donors (Lipinski definition) is 0. The van der Waals surface area contributed by atoms with E-state index in [-0.39, 0.29) is 11.9 Å². The molecule has 0 fully saturated rings. The molecule has 3 heteroatoms. The van der Waals surface area contributed by atoms with Gasteiger partial charge < -0.3 is 9.64 Å². The van der Waals surface area contributed by atoms with Gasteiger partial charge in [0.25, 0.3) is 0 Å². The molecule has 0 aliphatic heterocycles. The summed E-state index contributed by atoms with van der Waals surface area (Å²) in [6.45, 7) is 3.28. The summed E-state index contributed by atoms with van der Waals surface area (Å²) in [6.07, 6.45) is -0.387. The summed E-state index contributed by atoms with van der Waals surface area (Å²) in [5.74, 6) is 0.758. The predicted octanol–water partition coefficient (Wildman–Crippen LogP) is 2.11. The van der Waals surface area contributed by atoms with Gasteiger partial charge in [-0.15, -0.1) is 0 Å². The van der Waals surface area contributed by atoms with Crippen molar-refractivity contribution >= 4 is 11.5 Å². The largest absolute Gasteiger partial charge is 0.483 e. The van der Waals surface area contributed by atoms with Gasteiger partial charge in [0.2, 0.25) is 0 Å². The molecule has 0 saturated heterocycles. The number of ether oxygens (including phenoxy) is 1. The van der Waals surface area contributed by atoms with Gasteiger partial charge in [0.05, 0.1) is 0 Å². The van der Waals surface area contributed by atoms with Crippen LogP contribution in [0.1, 0.15) is 13.8 Å². The van der Waals surface area contributed by atoms with Gasteiger partial charge in [-0.25, -0.2) is 0 Å². The van der Waals surface area contributed by atoms with Gasteiger partial charge in [-0.05, 0) is 26.0 Å². The second kappa shape index (κ2) is 4.82. The molecule has 0 heterocycles. The van der Waals surface area contributed by atoms with Crippen molar-refractivity contribution in [3.8, 4) is 5.75 Å². The zero-order chi connectivity index (χ0) is 11.4. The average molecular weight is 207 g/mol. The normalized spacial score (nSPS) is 12.0. The smallest absolute Gasteiger partial charge is 0.169 e. The maximum absolute atomic E-state index is 11.0. The summed E-state index contributed by atoms with van der Waals surface area (Å²) in [5, 5.41) is 0. The fourth-order valence-corrected chi connectivity index (χ4v) is 1.12. The van der Waals surface area contributed by atoms with Crippen molar-refractivity contribution in [1.29, 1.82) is 0 Å². The zero-order valence-corrected chi connectivity index (χ0v) is 9.65. The highest BCUT2D eigenvalue weighted by atomic mass is 16.5. The minimum Gasteiger partial charge on any atom is -0.483 e. The molecule has 0 aliphatic rings. The predicted molar refractivity (Wildman–Crippen MR) is 61.5 cm³/mol. The lowest BCUT2D eigenvalue weighted by Gasteiger charge is -2.16. The van der Waals surface area contributed by atoms with Crippen molar-refractivity contribution < 1.29 is 9.53 Å². The molecule has 1 aromatic carbocycles. The van der Waals surface area contributed by atoms with Crippen LogP contribution in [0.4, 0.5) is 5.69 Å². The summed E-state index contributed by atoms with van der Waals surface area (Å²) >= 11 is 0. The molecule has 1 aromatic rings. The molecule has 1 rings (SSSR count). The molecule has 0 bridgehead atoms. The third-order valence-electron chi connectivity index (χ3n) is 2.22. The molecule has 1 atom stereocenters. The molecule has 0 saturated carbocycles. The van der Waals surface area contributed by atoms with Crippen LogP contribution in [0.25, 0.3) is 0 Å². The molecular weight excluding hydrogens is 190 g/mol. The van der Waals surface area contributed by atoms with Gasteiger partial charge in [0.15, 0.2) is 11.9 Å². The fraction of sp³-hybridized carbons (Fsp3) is 0.417. The first kappa shape index (κ1) is 11.6. The van der Waals surface area contributed by atoms with Crippen LogP contribution in [-0.4, -0.2) is 26.0 Å². The minimum atomic E-state index is -0.387. The summed E-state index contributed by atoms with van der Waals surface area (Å²) in [6, 6.07) is 7.68. The molecule has 0 spiro atoms. The van der Waals surface area contributed by atoms with Crippen molar-refractivity contribution in [2.45, 2.75) is 20.0 Å². The molecule has 15 heavy (non-hydrogen) atoms. The molecular formula is C12H17NO2. The first-order chi connectivity index (χ1) is 7.00. The quantitative estimate of drug-likeness (QED) is 0.757. The van der Waals surface area contributed by atoms with Crippen molar-refractivity contribution in [3.63, 3.8) is 0 Å². The third-order valence-corrected chi connectivity index (χ3v) is 2.22. The second-order valence-corrected chi connectivity index (χ2v) is 3.76. The van der Waals surface area contributed by atoms with Crippen LogP contribution < -0.4 is 9.64 Å². The third kappa shape index (κ3) is 3.27. The molecule has 3 nitrogen and oxygen atoms in total. The Hall–Kier alpha value is -1.51. The Morgan fingerprint density at radius 3 is 2.60 bits per heavy atom. The Bertz CT molecular complexity index is 347. The minimum absolute atomic E-state index is 0.0326. The fourth-order valence-electron chi connectivity index (χ4n) is 1.12. The van der Waals surface area contributed by atoms with Crippen LogP contribution in [-0.2, 0) is 4.79 Å². The van der Waals surface area contributed by atoms with Crippen molar-refractivity contribution in [2.75, 3.05) is 19.0 Å². The van der Waals surface area contributed by atoms with E-state index in [0.717, 1.165) is 11.4 Å². The lowest BCUT2D eigenvalue weighted by molar-refractivity contribution is -0.122. The maximum Gasteiger partial charge on any atom is 0.169 e. The number of benzene rings is 1. The van der Waals surface area contributed by atoms with Crippen LogP contribution in [0, 0.1) is 0 Å². The number of anilines is 1. The number of ketones is 1. The second-order valence-electron chi connectivity index (χ2n) is 3.76. The Morgan fingerprint density at radius 1 is 1.40 bits per heavy atom. The maximum atomic E-state index is 11.0. The zero-order valence-electron chi connectivity index (χ0n) is 9.65. The summed E-state index contributed by atoms with van der Waals surface area (Å²) < 4.78 is 5.49.